The fourth-order valence-corrected chi connectivity index (χ4v) is 19.1. The molecule has 8 rings (SSSR count). The zero-order valence-electron chi connectivity index (χ0n) is 82.8. The summed E-state index contributed by atoms with van der Waals surface area (Å²) in [6, 6.07) is -6.85. The summed E-state index contributed by atoms with van der Waals surface area (Å²) in [5, 5.41) is 261. The van der Waals surface area contributed by atoms with Gasteiger partial charge in [0.15, 0.2) is 50.3 Å². The highest BCUT2D eigenvalue weighted by Crippen LogP contribution is 2.41. The number of rotatable bonds is 63. The normalized spacial score (nSPS) is 38.4. The first-order valence-corrected chi connectivity index (χ1v) is 51.5. The van der Waals surface area contributed by atoms with E-state index >= 15 is 0 Å². The molecule has 16 unspecified atom stereocenters. The minimum Gasteiger partial charge on any atom is -0.394 e. The number of hydrogen-bond donors (Lipinski definition) is 26. The van der Waals surface area contributed by atoms with Crippen LogP contribution in [0.25, 0.3) is 0 Å². The van der Waals surface area contributed by atoms with Crippen molar-refractivity contribution >= 4 is 23.6 Å². The maximum Gasteiger partial charge on any atom is 0.220 e. The van der Waals surface area contributed by atoms with Crippen molar-refractivity contribution < 1.29 is 207 Å². The lowest BCUT2D eigenvalue weighted by atomic mass is 9.93. The number of carbonyl (C=O) groups is 4. The summed E-state index contributed by atoms with van der Waals surface area (Å²) in [7, 11) is 0. The Morgan fingerprint density at radius 2 is 0.599 bits per heavy atom. The number of nitrogens with one attached hydrogen (secondary N) is 4. The molecule has 0 aromatic heterocycles. The molecule has 4 amide bonds. The van der Waals surface area contributed by atoms with Crippen molar-refractivity contribution in [3.63, 3.8) is 0 Å². The molecule has 46 heteroatoms. The summed E-state index contributed by atoms with van der Waals surface area (Å²) >= 11 is 0. The molecule has 0 aromatic rings. The van der Waals surface area contributed by atoms with Crippen LogP contribution in [0.3, 0.4) is 0 Å². The van der Waals surface area contributed by atoms with E-state index in [-0.39, 0.29) is 12.3 Å². The van der Waals surface area contributed by atoms with Gasteiger partial charge in [-0.05, 0) is 51.9 Å². The van der Waals surface area contributed by atoms with Crippen molar-refractivity contribution in [1.29, 1.82) is 0 Å². The molecule has 0 spiro atoms. The summed E-state index contributed by atoms with van der Waals surface area (Å²) in [5.41, 5.74) is 0. The van der Waals surface area contributed by atoms with Crippen LogP contribution in [0.4, 0.5) is 0 Å². The van der Waals surface area contributed by atoms with Gasteiger partial charge in [0.25, 0.3) is 0 Å². The molecular formula is C96H170N4O42. The number of amides is 4. The van der Waals surface area contributed by atoms with Gasteiger partial charge in [-0.3, -0.25) is 19.2 Å². The number of aliphatic hydroxyl groups excluding tert-OH is 22. The highest BCUT2D eigenvalue weighted by atomic mass is 16.8. The molecule has 8 heterocycles. The summed E-state index contributed by atoms with van der Waals surface area (Å²) in [6.45, 7) is 0.453. The second-order valence-electron chi connectivity index (χ2n) is 38.7. The van der Waals surface area contributed by atoms with Gasteiger partial charge in [-0.1, -0.05) is 192 Å². The van der Waals surface area contributed by atoms with Crippen molar-refractivity contribution in [2.24, 2.45) is 0 Å². The van der Waals surface area contributed by atoms with Crippen molar-refractivity contribution in [2.45, 2.75) is 505 Å². The number of carbonyl (C=O) groups excluding carboxylic acids is 4. The quantitative estimate of drug-likeness (QED) is 0.0208. The van der Waals surface area contributed by atoms with Crippen LogP contribution >= 0.6 is 0 Å². The molecule has 826 valence electrons. The Balaban J connectivity index is 0.949. The topological polar surface area (TPSA) is 709 Å². The van der Waals surface area contributed by atoms with E-state index in [4.69, 9.17) is 75.8 Å². The smallest absolute Gasteiger partial charge is 0.220 e. The van der Waals surface area contributed by atoms with Crippen molar-refractivity contribution in [1.82, 2.24) is 21.3 Å². The average Bonchev–Trinajstić information content (AvgIpc) is 0.759. The van der Waals surface area contributed by atoms with E-state index in [9.17, 15) is 132 Å². The summed E-state index contributed by atoms with van der Waals surface area (Å²) in [4.78, 5) is 53.2. The van der Waals surface area contributed by atoms with Crippen LogP contribution in [0.1, 0.15) is 247 Å². The standard InChI is InChI=1S/C96H170N4O42/c1-7-9-11-13-15-17-19-21-22-23-24-25-26-27-28-30-32-34-36-38-40-42-64(112)100-55(56(111)41-39-37-35-33-31-29-20-18-16-14-12-10-8-2)50-127-92-79(124)77(122)82(63(49-107)135-92)136-94-80(125)85(72(117)60(46-104)132-94)139-90-66(98-53(5)109)83(70(115)58(44-102)130-90)137-95-81(126)86(73(118)61(47-105)133-95)140-91-67(99-54(6)110)84(71(116)59(45-103)131-91)138-96-88(142-93-78(123)76(121)68(113)51(3)128-93)87(74(119)62(48-106)134-96)141-89-65(97-52(4)108)75(120)69(114)57(43-101)129-89/h21-22,39,41,51,55-63,65-96,101-107,111,113-126H,7-20,23-38,40,42-50H2,1-6H3,(H,97,108)(H,98,109)(H,99,110)(H,100,112)/b22-21-,41-39+/t51?,55-,56+,57?,58?,59?,60?,61?,62?,63?,65?,66?,67?,68+,69-,70+,71+,72-,73-,74-,75+,76?,77+,78-,79?,80?,81?,82+,83+,84+,85-,86-,87-,88?,89+,90-,91-,92+,93+,94-,95-,96-/m0/s1. The van der Waals surface area contributed by atoms with Gasteiger partial charge in [0.05, 0.1) is 71.1 Å². The highest BCUT2D eigenvalue weighted by Gasteiger charge is 2.62. The van der Waals surface area contributed by atoms with Crippen LogP contribution in [0.15, 0.2) is 24.3 Å². The zero-order chi connectivity index (χ0) is 104. The molecule has 8 aliphatic heterocycles. The monoisotopic (exact) mass is 2050 g/mol. The molecule has 8 saturated heterocycles. The molecule has 0 saturated carbocycles. The molecule has 8 fully saturated rings. The lowest BCUT2D eigenvalue weighted by molar-refractivity contribution is -0.401. The molecule has 46 nitrogen and oxygen atoms in total. The van der Waals surface area contributed by atoms with E-state index in [0.717, 1.165) is 85.0 Å². The zero-order valence-corrected chi connectivity index (χ0v) is 82.8. The third-order valence-electron chi connectivity index (χ3n) is 27.5. The van der Waals surface area contributed by atoms with E-state index in [1.165, 1.54) is 129 Å². The van der Waals surface area contributed by atoms with Crippen molar-refractivity contribution in [3.05, 3.63) is 24.3 Å². The van der Waals surface area contributed by atoms with E-state index in [1.54, 1.807) is 6.08 Å². The van der Waals surface area contributed by atoms with Crippen molar-refractivity contribution in [2.75, 3.05) is 52.9 Å². The Hall–Kier alpha value is -4.16. The predicted molar refractivity (Wildman–Crippen MR) is 497 cm³/mol. The molecule has 0 aliphatic carbocycles. The molecule has 0 aromatic carbocycles. The lowest BCUT2D eigenvalue weighted by Crippen LogP contribution is -2.71. The fourth-order valence-electron chi connectivity index (χ4n) is 19.1. The third-order valence-corrected chi connectivity index (χ3v) is 27.5. The fraction of sp³-hybridized carbons (Fsp3) is 0.917. The molecule has 26 N–H and O–H groups in total. The molecule has 0 bridgehead atoms. The number of unbranched alkanes of at least 4 members (excludes halogenated alkanes) is 28. The maximum atomic E-state index is 13.7. The van der Waals surface area contributed by atoms with Gasteiger partial charge < -0.3 is 209 Å². The first kappa shape index (κ1) is 123. The average molecular weight is 2050 g/mol. The number of aliphatic hydroxyl groups is 22. The van der Waals surface area contributed by atoms with Gasteiger partial charge in [0.2, 0.25) is 23.6 Å². The van der Waals surface area contributed by atoms with Gasteiger partial charge >= 0.3 is 0 Å². The maximum absolute atomic E-state index is 13.7. The summed E-state index contributed by atoms with van der Waals surface area (Å²) in [6.07, 6.45) is -33.5. The van der Waals surface area contributed by atoms with Crippen LogP contribution < -0.4 is 21.3 Å². The Bertz CT molecular complexity index is 3550. The van der Waals surface area contributed by atoms with Gasteiger partial charge in [-0.15, -0.1) is 0 Å². The minimum absolute atomic E-state index is 0.141. The number of allylic oxidation sites excluding steroid dienone is 3. The first-order valence-electron chi connectivity index (χ1n) is 51.5. The first-order chi connectivity index (χ1) is 68.1. The predicted octanol–water partition coefficient (Wildman–Crippen LogP) is -3.49. The lowest BCUT2D eigenvalue weighted by Gasteiger charge is -2.52. The molecule has 42 atom stereocenters. The SMILES string of the molecule is CCCCCCCC/C=C\CCCCCCCCCCCCCC(=O)N[C@@H](CO[C@@H]1OC(CO)[C@@H](O[C@@H]2OC(CO)[C@H](O)[C@H](O[C@@H]3OC(CO)[C@@H](O)[C@H](O[C@@H]4OC(CO)[C@H](O)[C@H](O[C@@H]5OC(CO)[C@@H](O)[C@H](O[C@@H]6OC(CO)[C@H](O)[C@H](O[C@H]7OC(CO)[C@H](O)[C@H](O)C7NC(C)=O)C6O[C@H]6OC(C)[C@@H](O)C(O)[C@@H]6O)C5NC(C)=O)C4O)C3NC(C)=O)C2O)[C@H](O)C1O)[C@H](O)/C=C/CCCCCCCCCCCCC. The van der Waals surface area contributed by atoms with Crippen LogP contribution in [0.2, 0.25) is 0 Å². The van der Waals surface area contributed by atoms with E-state index < -0.39 is 328 Å². The van der Waals surface area contributed by atoms with Crippen LogP contribution in [0.5, 0.6) is 0 Å². The van der Waals surface area contributed by atoms with E-state index in [1.807, 2.05) is 6.08 Å². The highest BCUT2D eigenvalue weighted by molar-refractivity contribution is 5.76. The molecular weight excluding hydrogens is 1880 g/mol. The Labute approximate surface area is 830 Å². The van der Waals surface area contributed by atoms with Gasteiger partial charge in [0.1, 0.15) is 189 Å². The number of hydrogen-bond acceptors (Lipinski definition) is 42. The third kappa shape index (κ3) is 36.3. The largest absolute Gasteiger partial charge is 0.394 e. The number of ether oxygens (including phenoxy) is 16. The van der Waals surface area contributed by atoms with Crippen LogP contribution in [-0.2, 0) is 95.0 Å². The molecule has 142 heavy (non-hydrogen) atoms. The Kier molecular flexibility index (Phi) is 55.9. The minimum atomic E-state index is -2.45. The Morgan fingerprint density at radius 3 is 1.02 bits per heavy atom. The molecule has 8 aliphatic rings. The Morgan fingerprint density at radius 1 is 0.289 bits per heavy atom. The van der Waals surface area contributed by atoms with Gasteiger partial charge in [0, 0.05) is 27.2 Å². The van der Waals surface area contributed by atoms with Crippen LogP contribution in [-0.4, -0.2) is 446 Å². The molecule has 0 radical (unpaired) electrons. The van der Waals surface area contributed by atoms with Gasteiger partial charge in [-0.2, -0.15) is 0 Å². The summed E-state index contributed by atoms with van der Waals surface area (Å²) in [5.74, 6) is -3.15. The second kappa shape index (κ2) is 64.5. The summed E-state index contributed by atoms with van der Waals surface area (Å²) < 4.78 is 97.3. The van der Waals surface area contributed by atoms with E-state index in [0.29, 0.717) is 12.8 Å². The second-order valence-corrected chi connectivity index (χ2v) is 38.7. The van der Waals surface area contributed by atoms with Gasteiger partial charge in [-0.25, -0.2) is 0 Å². The van der Waals surface area contributed by atoms with E-state index in [2.05, 4.69) is 47.3 Å². The van der Waals surface area contributed by atoms with Crippen molar-refractivity contribution in [3.8, 4) is 0 Å². The van der Waals surface area contributed by atoms with Crippen LogP contribution in [0, 0.1) is 0 Å².